The lowest BCUT2D eigenvalue weighted by Crippen LogP contribution is -2.23. The van der Waals surface area contributed by atoms with Gasteiger partial charge in [0.2, 0.25) is 0 Å². The Bertz CT molecular complexity index is 984. The quantitative estimate of drug-likeness (QED) is 0.665. The summed E-state index contributed by atoms with van der Waals surface area (Å²) in [5.74, 6) is -4.30. The molecule has 0 atom stereocenters. The molecule has 0 saturated carbocycles. The number of anilines is 1. The number of rotatable bonds is 6. The lowest BCUT2D eigenvalue weighted by molar-refractivity contribution is -0.106. The molecule has 0 radical (unpaired) electrons. The van der Waals surface area contributed by atoms with Crippen LogP contribution in [0.4, 0.5) is 18.3 Å². The standard InChI is InChI=1S/C15H13F3N2O6S2/c1-2-26-12(23)10-13(28(24,25)7-15(16,17)18)27-14(19-10)20-11(22)8-3-5-9(21)6-4-8/h3-6,21H,2,7H2,1H3,(H,19,20,22). The zero-order valence-corrected chi connectivity index (χ0v) is 15.7. The van der Waals surface area contributed by atoms with Crippen LogP contribution in [-0.2, 0) is 14.6 Å². The second-order valence-electron chi connectivity index (χ2n) is 5.25. The third-order valence-corrected chi connectivity index (χ3v) is 6.29. The average molecular weight is 438 g/mol. The van der Waals surface area contributed by atoms with Crippen LogP contribution in [0.5, 0.6) is 5.75 Å². The summed E-state index contributed by atoms with van der Waals surface area (Å²) in [4.78, 5) is 27.7. The molecule has 0 spiro atoms. The first kappa shape index (κ1) is 21.6. The number of esters is 1. The Morgan fingerprint density at radius 2 is 1.86 bits per heavy atom. The largest absolute Gasteiger partial charge is 0.508 e. The van der Waals surface area contributed by atoms with E-state index in [-0.39, 0.29) is 29.3 Å². The molecule has 0 fully saturated rings. The van der Waals surface area contributed by atoms with Crippen LogP contribution in [0, 0.1) is 0 Å². The molecule has 2 aromatic rings. The molecule has 1 amide bonds. The fraction of sp³-hybridized carbons (Fsp3) is 0.267. The van der Waals surface area contributed by atoms with Crippen LogP contribution in [0.15, 0.2) is 28.5 Å². The summed E-state index contributed by atoms with van der Waals surface area (Å²) in [6, 6.07) is 4.96. The van der Waals surface area contributed by atoms with Crippen molar-refractivity contribution in [2.75, 3.05) is 17.7 Å². The predicted octanol–water partition coefficient (Wildman–Crippen LogP) is 2.61. The van der Waals surface area contributed by atoms with Crippen molar-refractivity contribution in [2.24, 2.45) is 0 Å². The number of thiazole rings is 1. The van der Waals surface area contributed by atoms with Crippen molar-refractivity contribution in [1.29, 1.82) is 0 Å². The minimum absolute atomic E-state index is 0.0605. The van der Waals surface area contributed by atoms with Crippen LogP contribution in [0.25, 0.3) is 0 Å². The molecule has 152 valence electrons. The van der Waals surface area contributed by atoms with Crippen molar-refractivity contribution in [3.63, 3.8) is 0 Å². The van der Waals surface area contributed by atoms with Gasteiger partial charge in [-0.1, -0.05) is 11.3 Å². The van der Waals surface area contributed by atoms with Crippen molar-refractivity contribution in [2.45, 2.75) is 17.3 Å². The highest BCUT2D eigenvalue weighted by atomic mass is 32.2. The topological polar surface area (TPSA) is 123 Å². The number of amides is 1. The molecular weight excluding hydrogens is 425 g/mol. The Morgan fingerprint density at radius 1 is 1.25 bits per heavy atom. The fourth-order valence-electron chi connectivity index (χ4n) is 1.96. The van der Waals surface area contributed by atoms with Crippen LogP contribution in [0.1, 0.15) is 27.8 Å². The highest BCUT2D eigenvalue weighted by Crippen LogP contribution is 2.32. The van der Waals surface area contributed by atoms with E-state index in [1.54, 1.807) is 0 Å². The number of aromatic nitrogens is 1. The van der Waals surface area contributed by atoms with E-state index in [1.807, 2.05) is 0 Å². The second-order valence-corrected chi connectivity index (χ2v) is 8.43. The summed E-state index contributed by atoms with van der Waals surface area (Å²) in [6.07, 6.45) is -5.04. The molecule has 1 aromatic carbocycles. The third-order valence-electron chi connectivity index (χ3n) is 3.05. The van der Waals surface area contributed by atoms with Gasteiger partial charge in [-0.15, -0.1) is 0 Å². The molecule has 1 heterocycles. The fourth-order valence-corrected chi connectivity index (χ4v) is 4.55. The number of carbonyl (C=O) groups excluding carboxylic acids is 2. The first-order valence-corrected chi connectivity index (χ1v) is 9.97. The van der Waals surface area contributed by atoms with E-state index in [0.29, 0.717) is 0 Å². The lowest BCUT2D eigenvalue weighted by atomic mass is 10.2. The monoisotopic (exact) mass is 438 g/mol. The summed E-state index contributed by atoms with van der Waals surface area (Å²) >= 11 is 0.206. The van der Waals surface area contributed by atoms with Gasteiger partial charge in [-0.25, -0.2) is 18.2 Å². The van der Waals surface area contributed by atoms with Gasteiger partial charge in [-0.3, -0.25) is 10.1 Å². The van der Waals surface area contributed by atoms with Gasteiger partial charge in [0.15, 0.2) is 30.6 Å². The average Bonchev–Trinajstić information content (AvgIpc) is 2.98. The molecule has 28 heavy (non-hydrogen) atoms. The van der Waals surface area contributed by atoms with E-state index in [1.165, 1.54) is 31.2 Å². The Balaban J connectivity index is 2.40. The zero-order valence-electron chi connectivity index (χ0n) is 14.1. The van der Waals surface area contributed by atoms with Crippen molar-refractivity contribution < 1.29 is 41.0 Å². The molecule has 0 bridgehead atoms. The van der Waals surface area contributed by atoms with E-state index < -0.39 is 48.7 Å². The van der Waals surface area contributed by atoms with Gasteiger partial charge in [0.25, 0.3) is 5.91 Å². The number of phenols is 1. The number of aromatic hydroxyl groups is 1. The first-order chi connectivity index (χ1) is 12.9. The summed E-state index contributed by atoms with van der Waals surface area (Å²) < 4.78 is 65.6. The molecule has 1 aromatic heterocycles. The van der Waals surface area contributed by atoms with E-state index in [4.69, 9.17) is 0 Å². The van der Waals surface area contributed by atoms with Crippen molar-refractivity contribution in [1.82, 2.24) is 4.98 Å². The Kier molecular flexibility index (Phi) is 6.29. The summed E-state index contributed by atoms with van der Waals surface area (Å²) in [7, 11) is -4.95. The molecule has 0 aliphatic carbocycles. The van der Waals surface area contributed by atoms with Gasteiger partial charge in [0.05, 0.1) is 6.61 Å². The number of hydrogen-bond acceptors (Lipinski definition) is 8. The summed E-state index contributed by atoms with van der Waals surface area (Å²) in [5, 5.41) is 11.0. The predicted molar refractivity (Wildman–Crippen MR) is 92.2 cm³/mol. The molecule has 0 saturated heterocycles. The molecule has 0 aliphatic rings. The maximum absolute atomic E-state index is 12.6. The van der Waals surface area contributed by atoms with Gasteiger partial charge < -0.3 is 9.84 Å². The van der Waals surface area contributed by atoms with Gasteiger partial charge in [-0.05, 0) is 31.2 Å². The molecule has 0 unspecified atom stereocenters. The number of halogens is 3. The van der Waals surface area contributed by atoms with E-state index in [2.05, 4.69) is 15.0 Å². The van der Waals surface area contributed by atoms with E-state index >= 15 is 0 Å². The van der Waals surface area contributed by atoms with Gasteiger partial charge in [-0.2, -0.15) is 13.2 Å². The Labute approximate surface area is 160 Å². The summed E-state index contributed by atoms with van der Waals surface area (Å²) in [6.45, 7) is 1.26. The third kappa shape index (κ3) is 5.42. The number of alkyl halides is 3. The smallest absolute Gasteiger partial charge is 0.403 e. The highest BCUT2D eigenvalue weighted by molar-refractivity contribution is 7.93. The number of hydrogen-bond donors (Lipinski definition) is 2. The normalized spacial score (nSPS) is 11.9. The molecule has 2 N–H and O–H groups in total. The maximum Gasteiger partial charge on any atom is 0.403 e. The number of sulfone groups is 1. The van der Waals surface area contributed by atoms with Crippen LogP contribution in [-0.4, -0.2) is 48.9 Å². The number of benzene rings is 1. The number of phenolic OH excluding ortho intramolecular Hbond substituents is 1. The number of nitrogens with one attached hydrogen (secondary N) is 1. The first-order valence-electron chi connectivity index (χ1n) is 7.51. The minimum atomic E-state index is -5.04. The van der Waals surface area contributed by atoms with Gasteiger partial charge >= 0.3 is 12.1 Å². The number of carbonyl (C=O) groups is 2. The molecule has 0 aliphatic heterocycles. The maximum atomic E-state index is 12.6. The van der Waals surface area contributed by atoms with E-state index in [9.17, 15) is 36.3 Å². The Morgan fingerprint density at radius 3 is 2.39 bits per heavy atom. The number of ether oxygens (including phenoxy) is 1. The molecule has 2 rings (SSSR count). The second kappa shape index (κ2) is 8.14. The van der Waals surface area contributed by atoms with Crippen LogP contribution in [0.2, 0.25) is 0 Å². The molecular formula is C15H13F3N2O6S2. The number of nitrogens with zero attached hydrogens (tertiary/aromatic N) is 1. The van der Waals surface area contributed by atoms with Crippen LogP contribution >= 0.6 is 11.3 Å². The van der Waals surface area contributed by atoms with Gasteiger partial charge in [0.1, 0.15) is 5.75 Å². The van der Waals surface area contributed by atoms with E-state index in [0.717, 1.165) is 0 Å². The minimum Gasteiger partial charge on any atom is -0.508 e. The zero-order chi connectivity index (χ0) is 21.1. The molecule has 13 heteroatoms. The van der Waals surface area contributed by atoms with Crippen LogP contribution < -0.4 is 5.32 Å². The van der Waals surface area contributed by atoms with Crippen molar-refractivity contribution in [3.8, 4) is 5.75 Å². The lowest BCUT2D eigenvalue weighted by Gasteiger charge is -2.07. The van der Waals surface area contributed by atoms with Crippen molar-refractivity contribution in [3.05, 3.63) is 35.5 Å². The van der Waals surface area contributed by atoms with Crippen molar-refractivity contribution >= 4 is 38.2 Å². The summed E-state index contributed by atoms with van der Waals surface area (Å²) in [5.41, 5.74) is -0.775. The van der Waals surface area contributed by atoms with Crippen LogP contribution in [0.3, 0.4) is 0 Å². The molecule has 8 nitrogen and oxygen atoms in total. The highest BCUT2D eigenvalue weighted by Gasteiger charge is 2.40. The Hall–Kier alpha value is -2.67. The SMILES string of the molecule is CCOC(=O)c1nc(NC(=O)c2ccc(O)cc2)sc1S(=O)(=O)CC(F)(F)F. The van der Waals surface area contributed by atoms with Gasteiger partial charge in [0, 0.05) is 5.56 Å².